The van der Waals surface area contributed by atoms with Crippen molar-refractivity contribution in [3.63, 3.8) is 0 Å². The van der Waals surface area contributed by atoms with E-state index in [4.69, 9.17) is 4.74 Å². The monoisotopic (exact) mass is 442 g/mol. The predicted molar refractivity (Wildman–Crippen MR) is 116 cm³/mol. The van der Waals surface area contributed by atoms with Gasteiger partial charge in [-0.25, -0.2) is 13.2 Å². The quantitative estimate of drug-likeness (QED) is 0.667. The SMILES string of the molecule is CCOC(=O)N1C[C@H](C)N(C(C)=O)C2CCC(C3CCC(S(=O)(=O)CC)CC3)CC21. The molecule has 0 aromatic heterocycles. The third-order valence-corrected chi connectivity index (χ3v) is 9.97. The minimum atomic E-state index is -2.96. The minimum Gasteiger partial charge on any atom is -0.450 e. The number of piperazine rings is 1. The van der Waals surface area contributed by atoms with Crippen LogP contribution in [0.2, 0.25) is 0 Å². The maximum Gasteiger partial charge on any atom is 0.410 e. The topological polar surface area (TPSA) is 84.0 Å². The number of hydrogen-bond acceptors (Lipinski definition) is 5. The van der Waals surface area contributed by atoms with Crippen LogP contribution in [0, 0.1) is 11.8 Å². The Morgan fingerprint density at radius 1 is 0.967 bits per heavy atom. The van der Waals surface area contributed by atoms with Gasteiger partial charge in [-0.2, -0.15) is 0 Å². The molecule has 1 saturated heterocycles. The standard InChI is InChI=1S/C22H38N2O5S/c1-5-29-22(26)23-14-15(3)24(16(4)25)20-12-9-18(13-21(20)23)17-7-10-19(11-8-17)30(27,28)6-2/h15,17-21H,5-14H2,1-4H3/t15-,17?,18?,19?,20?,21?/m0/s1. The summed E-state index contributed by atoms with van der Waals surface area (Å²) in [5.74, 6) is 1.27. The van der Waals surface area contributed by atoms with Gasteiger partial charge in [-0.05, 0) is 70.6 Å². The first-order chi connectivity index (χ1) is 14.2. The van der Waals surface area contributed by atoms with E-state index >= 15 is 0 Å². The van der Waals surface area contributed by atoms with E-state index in [0.717, 1.165) is 44.9 Å². The highest BCUT2D eigenvalue weighted by Gasteiger charge is 2.48. The van der Waals surface area contributed by atoms with Crippen molar-refractivity contribution in [3.05, 3.63) is 0 Å². The maximum absolute atomic E-state index is 12.7. The molecule has 0 spiro atoms. The Bertz CT molecular complexity index is 732. The summed E-state index contributed by atoms with van der Waals surface area (Å²) in [6.07, 6.45) is 5.91. The minimum absolute atomic E-state index is 0.0139. The summed E-state index contributed by atoms with van der Waals surface area (Å²) in [6.45, 7) is 8.03. The second kappa shape index (κ2) is 9.45. The van der Waals surface area contributed by atoms with Crippen LogP contribution >= 0.6 is 0 Å². The van der Waals surface area contributed by atoms with Crippen LogP contribution in [0.1, 0.15) is 72.6 Å². The number of rotatable bonds is 4. The molecule has 0 bridgehead atoms. The molecule has 172 valence electrons. The van der Waals surface area contributed by atoms with Crippen molar-refractivity contribution < 1.29 is 22.7 Å². The van der Waals surface area contributed by atoms with Gasteiger partial charge in [0.05, 0.1) is 23.9 Å². The van der Waals surface area contributed by atoms with Gasteiger partial charge in [-0.3, -0.25) is 4.79 Å². The average molecular weight is 443 g/mol. The summed E-state index contributed by atoms with van der Waals surface area (Å²) in [7, 11) is -2.96. The first kappa shape index (κ1) is 23.4. The Labute approximate surface area is 181 Å². The lowest BCUT2D eigenvalue weighted by Gasteiger charge is -2.54. The highest BCUT2D eigenvalue weighted by molar-refractivity contribution is 7.92. The zero-order chi connectivity index (χ0) is 22.1. The zero-order valence-electron chi connectivity index (χ0n) is 18.9. The van der Waals surface area contributed by atoms with E-state index in [1.54, 1.807) is 13.8 Å². The number of sulfone groups is 1. The summed E-state index contributed by atoms with van der Waals surface area (Å²) in [5.41, 5.74) is 0. The predicted octanol–water partition coefficient (Wildman–Crippen LogP) is 3.23. The van der Waals surface area contributed by atoms with Crippen LogP contribution < -0.4 is 0 Å². The summed E-state index contributed by atoms with van der Waals surface area (Å²) >= 11 is 0. The molecule has 3 rings (SSSR count). The van der Waals surface area contributed by atoms with Gasteiger partial charge in [0.1, 0.15) is 0 Å². The third kappa shape index (κ3) is 4.63. The van der Waals surface area contributed by atoms with Crippen molar-refractivity contribution in [3.8, 4) is 0 Å². The van der Waals surface area contributed by atoms with Gasteiger partial charge in [-0.15, -0.1) is 0 Å². The van der Waals surface area contributed by atoms with Gasteiger partial charge in [0.15, 0.2) is 9.84 Å². The van der Waals surface area contributed by atoms with Crippen LogP contribution in [0.4, 0.5) is 4.79 Å². The second-order valence-corrected chi connectivity index (χ2v) is 11.9. The van der Waals surface area contributed by atoms with E-state index in [-0.39, 0.29) is 41.1 Å². The summed E-state index contributed by atoms with van der Waals surface area (Å²) in [4.78, 5) is 28.9. The molecule has 3 fully saturated rings. The number of ether oxygens (including phenoxy) is 1. The van der Waals surface area contributed by atoms with Crippen molar-refractivity contribution in [2.75, 3.05) is 18.9 Å². The van der Waals surface area contributed by atoms with Crippen molar-refractivity contribution in [2.24, 2.45) is 11.8 Å². The summed E-state index contributed by atoms with van der Waals surface area (Å²) in [5, 5.41) is -0.185. The molecule has 4 atom stereocenters. The summed E-state index contributed by atoms with van der Waals surface area (Å²) < 4.78 is 29.8. The summed E-state index contributed by atoms with van der Waals surface area (Å²) in [6, 6.07) is 0.0168. The maximum atomic E-state index is 12.7. The van der Waals surface area contributed by atoms with Gasteiger partial charge < -0.3 is 14.5 Å². The van der Waals surface area contributed by atoms with Crippen LogP contribution in [0.3, 0.4) is 0 Å². The highest BCUT2D eigenvalue weighted by atomic mass is 32.2. The van der Waals surface area contributed by atoms with Gasteiger partial charge in [0.2, 0.25) is 5.91 Å². The molecule has 0 aromatic rings. The lowest BCUT2D eigenvalue weighted by atomic mass is 9.69. The average Bonchev–Trinajstić information content (AvgIpc) is 2.72. The van der Waals surface area contributed by atoms with Crippen molar-refractivity contribution in [1.29, 1.82) is 0 Å². The molecule has 2 amide bonds. The molecule has 2 saturated carbocycles. The second-order valence-electron chi connectivity index (χ2n) is 9.32. The molecule has 0 radical (unpaired) electrons. The van der Waals surface area contributed by atoms with Crippen molar-refractivity contribution >= 4 is 21.8 Å². The van der Waals surface area contributed by atoms with Gasteiger partial charge >= 0.3 is 6.09 Å². The van der Waals surface area contributed by atoms with Gasteiger partial charge in [0, 0.05) is 25.3 Å². The number of nitrogens with zero attached hydrogens (tertiary/aromatic N) is 2. The number of carbonyl (C=O) groups excluding carboxylic acids is 2. The lowest BCUT2D eigenvalue weighted by molar-refractivity contribution is -0.142. The molecule has 1 heterocycles. The molecular formula is C22H38N2O5S. The highest BCUT2D eigenvalue weighted by Crippen LogP contribution is 2.43. The van der Waals surface area contributed by atoms with Crippen LogP contribution in [0.25, 0.3) is 0 Å². The third-order valence-electron chi connectivity index (χ3n) is 7.68. The van der Waals surface area contributed by atoms with Crippen LogP contribution in [0.5, 0.6) is 0 Å². The number of carbonyl (C=O) groups is 2. The fraction of sp³-hybridized carbons (Fsp3) is 0.909. The Hall–Kier alpha value is -1.31. The molecule has 2 aliphatic carbocycles. The molecule has 30 heavy (non-hydrogen) atoms. The molecule has 7 nitrogen and oxygen atoms in total. The Morgan fingerprint density at radius 3 is 2.17 bits per heavy atom. The Balaban J connectivity index is 1.72. The molecular weight excluding hydrogens is 404 g/mol. The van der Waals surface area contributed by atoms with E-state index in [1.165, 1.54) is 0 Å². The number of fused-ring (bicyclic) bond motifs is 1. The van der Waals surface area contributed by atoms with Gasteiger partial charge in [-0.1, -0.05) is 6.92 Å². The van der Waals surface area contributed by atoms with E-state index in [2.05, 4.69) is 0 Å². The smallest absolute Gasteiger partial charge is 0.410 e. The van der Waals surface area contributed by atoms with E-state index in [1.807, 2.05) is 23.6 Å². The first-order valence-corrected chi connectivity index (χ1v) is 13.3. The fourth-order valence-electron chi connectivity index (χ4n) is 6.20. The van der Waals surface area contributed by atoms with Crippen LogP contribution in [-0.4, -0.2) is 72.5 Å². The Morgan fingerprint density at radius 2 is 1.60 bits per heavy atom. The van der Waals surface area contributed by atoms with Crippen LogP contribution in [0.15, 0.2) is 0 Å². The molecule has 3 aliphatic rings. The van der Waals surface area contributed by atoms with Crippen molar-refractivity contribution in [2.45, 2.75) is 96.0 Å². The van der Waals surface area contributed by atoms with E-state index < -0.39 is 9.84 Å². The zero-order valence-corrected chi connectivity index (χ0v) is 19.7. The molecule has 0 aromatic carbocycles. The fourth-order valence-corrected chi connectivity index (χ4v) is 7.66. The Kier molecular flexibility index (Phi) is 7.36. The van der Waals surface area contributed by atoms with Crippen molar-refractivity contribution in [1.82, 2.24) is 9.80 Å². The molecule has 3 unspecified atom stereocenters. The molecule has 0 N–H and O–H groups in total. The molecule has 1 aliphatic heterocycles. The lowest BCUT2D eigenvalue weighted by Crippen LogP contribution is -2.67. The largest absolute Gasteiger partial charge is 0.450 e. The molecule has 8 heteroatoms. The van der Waals surface area contributed by atoms with E-state index in [0.29, 0.717) is 25.0 Å². The number of amides is 2. The van der Waals surface area contributed by atoms with Gasteiger partial charge in [0.25, 0.3) is 0 Å². The van der Waals surface area contributed by atoms with Crippen LogP contribution in [-0.2, 0) is 19.4 Å². The van der Waals surface area contributed by atoms with E-state index in [9.17, 15) is 18.0 Å². The number of hydrogen-bond donors (Lipinski definition) is 0. The first-order valence-electron chi connectivity index (χ1n) is 11.6. The normalized spacial score (nSPS) is 34.9.